The lowest BCUT2D eigenvalue weighted by atomic mass is 10.0. The summed E-state index contributed by atoms with van der Waals surface area (Å²) in [4.78, 5) is 57.6. The molecular weight excluding hydrogens is 380 g/mol. The minimum atomic E-state index is -1.30. The quantitative estimate of drug-likeness (QED) is 0.180. The summed E-state index contributed by atoms with van der Waals surface area (Å²) in [5.41, 5.74) is 5.71. The number of carboxylic acids is 2. The van der Waals surface area contributed by atoms with Crippen molar-refractivity contribution in [1.82, 2.24) is 16.0 Å². The molecule has 154 valence electrons. The van der Waals surface area contributed by atoms with Crippen LogP contribution in [0.3, 0.4) is 0 Å². The van der Waals surface area contributed by atoms with Crippen LogP contribution in [-0.4, -0.2) is 70.3 Å². The number of aliphatic carboxylic acids is 2. The lowest BCUT2D eigenvalue weighted by Crippen LogP contribution is -2.57. The molecule has 7 N–H and O–H groups in total. The van der Waals surface area contributed by atoms with Crippen molar-refractivity contribution in [3.05, 3.63) is 0 Å². The molecular formula is C15H26N4O7S. The van der Waals surface area contributed by atoms with E-state index in [0.29, 0.717) is 0 Å². The number of carbonyl (C=O) groups excluding carboxylic acids is 3. The van der Waals surface area contributed by atoms with E-state index in [9.17, 15) is 24.0 Å². The Balaban J connectivity index is 5.04. The van der Waals surface area contributed by atoms with Gasteiger partial charge in [0.1, 0.15) is 18.6 Å². The smallest absolute Gasteiger partial charge is 0.322 e. The van der Waals surface area contributed by atoms with E-state index in [4.69, 9.17) is 15.9 Å². The predicted molar refractivity (Wildman–Crippen MR) is 98.0 cm³/mol. The number of nitrogens with two attached hydrogens (primary N) is 1. The van der Waals surface area contributed by atoms with Crippen LogP contribution in [0.4, 0.5) is 0 Å². The maximum Gasteiger partial charge on any atom is 0.322 e. The van der Waals surface area contributed by atoms with Gasteiger partial charge in [-0.3, -0.25) is 24.0 Å². The molecule has 3 atom stereocenters. The molecule has 0 aromatic carbocycles. The summed E-state index contributed by atoms with van der Waals surface area (Å²) in [5, 5.41) is 24.2. The number of hydrogen-bond acceptors (Lipinski definition) is 7. The van der Waals surface area contributed by atoms with Crippen LogP contribution in [0.15, 0.2) is 0 Å². The molecule has 0 rings (SSSR count). The Bertz CT molecular complexity index is 570. The average molecular weight is 406 g/mol. The molecule has 3 amide bonds. The number of carbonyl (C=O) groups is 5. The Morgan fingerprint density at radius 2 is 1.48 bits per heavy atom. The molecule has 0 aliphatic heterocycles. The van der Waals surface area contributed by atoms with E-state index in [1.807, 2.05) is 0 Å². The van der Waals surface area contributed by atoms with E-state index in [2.05, 4.69) is 28.6 Å². The number of thiol groups is 1. The van der Waals surface area contributed by atoms with Crippen molar-refractivity contribution in [3.63, 3.8) is 0 Å². The highest BCUT2D eigenvalue weighted by Gasteiger charge is 2.28. The second kappa shape index (κ2) is 12.1. The zero-order valence-corrected chi connectivity index (χ0v) is 16.0. The number of hydrogen-bond donors (Lipinski definition) is 7. The highest BCUT2D eigenvalue weighted by Crippen LogP contribution is 2.02. The summed E-state index contributed by atoms with van der Waals surface area (Å²) in [7, 11) is 0. The Hall–Kier alpha value is -2.34. The first-order valence-electron chi connectivity index (χ1n) is 8.18. The minimum Gasteiger partial charge on any atom is -0.481 e. The summed E-state index contributed by atoms with van der Waals surface area (Å²) in [6, 6.07) is -3.24. The van der Waals surface area contributed by atoms with Gasteiger partial charge >= 0.3 is 11.9 Å². The van der Waals surface area contributed by atoms with Crippen LogP contribution in [0.5, 0.6) is 0 Å². The molecule has 0 heterocycles. The fourth-order valence-electron chi connectivity index (χ4n) is 1.86. The number of rotatable bonds is 12. The number of amides is 3. The Morgan fingerprint density at radius 3 is 1.93 bits per heavy atom. The van der Waals surface area contributed by atoms with Gasteiger partial charge in [-0.1, -0.05) is 13.8 Å². The average Bonchev–Trinajstić information content (AvgIpc) is 2.59. The molecule has 0 spiro atoms. The lowest BCUT2D eigenvalue weighted by molar-refractivity contribution is -0.140. The summed E-state index contributed by atoms with van der Waals surface area (Å²) in [6.45, 7) is 2.78. The van der Waals surface area contributed by atoms with E-state index in [1.165, 1.54) is 0 Å². The van der Waals surface area contributed by atoms with E-state index in [1.54, 1.807) is 13.8 Å². The molecule has 3 unspecified atom stereocenters. The van der Waals surface area contributed by atoms with Gasteiger partial charge in [0, 0.05) is 12.2 Å². The first-order chi connectivity index (χ1) is 12.5. The van der Waals surface area contributed by atoms with Crippen LogP contribution in [0, 0.1) is 5.92 Å². The second-order valence-electron chi connectivity index (χ2n) is 6.12. The molecule has 11 nitrogen and oxygen atoms in total. The van der Waals surface area contributed by atoms with Crippen LogP contribution in [0.25, 0.3) is 0 Å². The largest absolute Gasteiger partial charge is 0.481 e. The van der Waals surface area contributed by atoms with Crippen molar-refractivity contribution in [2.45, 2.75) is 44.8 Å². The van der Waals surface area contributed by atoms with Gasteiger partial charge in [-0.15, -0.1) is 0 Å². The lowest BCUT2D eigenvalue weighted by Gasteiger charge is -2.23. The molecule has 0 aromatic heterocycles. The normalized spacial score (nSPS) is 14.0. The predicted octanol–water partition coefficient (Wildman–Crippen LogP) is -2.07. The Labute approximate surface area is 161 Å². The number of nitrogens with one attached hydrogen (secondary N) is 3. The summed E-state index contributed by atoms with van der Waals surface area (Å²) >= 11 is 3.99. The van der Waals surface area contributed by atoms with Crippen molar-refractivity contribution in [3.8, 4) is 0 Å². The molecule has 0 aliphatic carbocycles. The van der Waals surface area contributed by atoms with E-state index in [-0.39, 0.29) is 18.1 Å². The topological polar surface area (TPSA) is 188 Å². The fraction of sp³-hybridized carbons (Fsp3) is 0.667. The van der Waals surface area contributed by atoms with E-state index in [0.717, 1.165) is 0 Å². The second-order valence-corrected chi connectivity index (χ2v) is 6.48. The number of carboxylic acid groups (broad SMARTS) is 2. The van der Waals surface area contributed by atoms with Gasteiger partial charge < -0.3 is 31.9 Å². The zero-order chi connectivity index (χ0) is 21.1. The Morgan fingerprint density at radius 1 is 0.926 bits per heavy atom. The van der Waals surface area contributed by atoms with Crippen LogP contribution in [-0.2, 0) is 24.0 Å². The van der Waals surface area contributed by atoms with Gasteiger partial charge in [-0.2, -0.15) is 12.6 Å². The van der Waals surface area contributed by atoms with Crippen molar-refractivity contribution < 1.29 is 34.2 Å². The Kier molecular flexibility index (Phi) is 11.1. The molecule has 12 heteroatoms. The van der Waals surface area contributed by atoms with Gasteiger partial charge in [-0.25, -0.2) is 0 Å². The third-order valence-corrected chi connectivity index (χ3v) is 3.90. The van der Waals surface area contributed by atoms with Crippen LogP contribution in [0.1, 0.15) is 26.7 Å². The van der Waals surface area contributed by atoms with E-state index < -0.39 is 60.8 Å². The van der Waals surface area contributed by atoms with Gasteiger partial charge in [0.2, 0.25) is 17.7 Å². The van der Waals surface area contributed by atoms with Crippen molar-refractivity contribution in [2.75, 3.05) is 12.3 Å². The zero-order valence-electron chi connectivity index (χ0n) is 15.1. The first kappa shape index (κ1) is 24.7. The van der Waals surface area contributed by atoms with Crippen molar-refractivity contribution in [2.24, 2.45) is 11.7 Å². The molecule has 0 radical (unpaired) electrons. The highest BCUT2D eigenvalue weighted by atomic mass is 32.1. The van der Waals surface area contributed by atoms with Crippen LogP contribution in [0.2, 0.25) is 0 Å². The molecule has 0 bridgehead atoms. The summed E-state index contributed by atoms with van der Waals surface area (Å²) in [5.74, 6) is -4.94. The summed E-state index contributed by atoms with van der Waals surface area (Å²) < 4.78 is 0. The summed E-state index contributed by atoms with van der Waals surface area (Å²) in [6.07, 6.45) is -0.688. The maximum atomic E-state index is 12.3. The molecule has 0 aliphatic rings. The SMILES string of the molecule is CC(C)C(N)C(=O)NC(CS)C(=O)NC(CCC(=O)O)C(=O)NCC(=O)O. The minimum absolute atomic E-state index is 0.0925. The van der Waals surface area contributed by atoms with Gasteiger partial charge in [-0.05, 0) is 12.3 Å². The van der Waals surface area contributed by atoms with E-state index >= 15 is 0 Å². The molecule has 0 saturated carbocycles. The maximum absolute atomic E-state index is 12.3. The van der Waals surface area contributed by atoms with Crippen molar-refractivity contribution >= 4 is 42.3 Å². The standard InChI is InChI=1S/C15H26N4O7S/c1-7(2)12(16)15(26)19-9(6-27)14(25)18-8(3-4-10(20)21)13(24)17-5-11(22)23/h7-9,12,27H,3-6,16H2,1-2H3,(H,17,24)(H,18,25)(H,19,26)(H,20,21)(H,22,23). The van der Waals surface area contributed by atoms with Crippen molar-refractivity contribution in [1.29, 1.82) is 0 Å². The monoisotopic (exact) mass is 406 g/mol. The fourth-order valence-corrected chi connectivity index (χ4v) is 2.12. The molecule has 0 fully saturated rings. The third-order valence-electron chi connectivity index (χ3n) is 3.53. The molecule has 0 saturated heterocycles. The van der Waals surface area contributed by atoms with Crippen LogP contribution < -0.4 is 21.7 Å². The van der Waals surface area contributed by atoms with Gasteiger partial charge in [0.15, 0.2) is 0 Å². The third kappa shape index (κ3) is 9.80. The van der Waals surface area contributed by atoms with Gasteiger partial charge in [0.25, 0.3) is 0 Å². The molecule has 0 aromatic rings. The highest BCUT2D eigenvalue weighted by molar-refractivity contribution is 7.80. The van der Waals surface area contributed by atoms with Gasteiger partial charge in [0.05, 0.1) is 6.04 Å². The van der Waals surface area contributed by atoms with Crippen LogP contribution >= 0.6 is 12.6 Å². The molecule has 27 heavy (non-hydrogen) atoms. The first-order valence-corrected chi connectivity index (χ1v) is 8.81.